The third-order valence-electron chi connectivity index (χ3n) is 2.51. The van der Waals surface area contributed by atoms with Crippen LogP contribution in [0.2, 0.25) is 0 Å². The van der Waals surface area contributed by atoms with E-state index >= 15 is 0 Å². The lowest BCUT2D eigenvalue weighted by atomic mass is 10.1. The normalized spacial score (nSPS) is 10.3. The first-order valence-corrected chi connectivity index (χ1v) is 5.70. The number of aromatic nitrogens is 3. The predicted octanol–water partition coefficient (Wildman–Crippen LogP) is 1.43. The Morgan fingerprint density at radius 1 is 1.29 bits per heavy atom. The molecule has 1 heterocycles. The van der Waals surface area contributed by atoms with Crippen LogP contribution in [0.25, 0.3) is 0 Å². The first-order chi connectivity index (χ1) is 9.92. The van der Waals surface area contributed by atoms with Gasteiger partial charge in [-0.3, -0.25) is 9.89 Å². The summed E-state index contributed by atoms with van der Waals surface area (Å²) in [4.78, 5) is 26.9. The number of carbonyl (C=O) groups is 2. The highest BCUT2D eigenvalue weighted by Crippen LogP contribution is 2.20. The highest BCUT2D eigenvalue weighted by atomic mass is 19.1. The number of carbonyl (C=O) groups excluding carboxylic acids is 2. The lowest BCUT2D eigenvalue weighted by molar-refractivity contribution is 0.0595. The van der Waals surface area contributed by atoms with Crippen molar-refractivity contribution in [2.45, 2.75) is 6.92 Å². The zero-order valence-electron chi connectivity index (χ0n) is 11.0. The number of hydrogen-bond donors (Lipinski definition) is 2. The van der Waals surface area contributed by atoms with Gasteiger partial charge in [-0.25, -0.2) is 18.6 Å². The van der Waals surface area contributed by atoms with E-state index in [9.17, 15) is 18.4 Å². The highest BCUT2D eigenvalue weighted by Gasteiger charge is 2.19. The fraction of sp³-hybridized carbons (Fsp3) is 0.167. The number of aromatic amines is 1. The van der Waals surface area contributed by atoms with Crippen molar-refractivity contribution in [1.29, 1.82) is 0 Å². The van der Waals surface area contributed by atoms with E-state index in [1.807, 2.05) is 0 Å². The third-order valence-corrected chi connectivity index (χ3v) is 2.51. The molecule has 2 rings (SSSR count). The van der Waals surface area contributed by atoms with Gasteiger partial charge in [-0.15, -0.1) is 5.10 Å². The molecule has 1 amide bonds. The average molecular weight is 296 g/mol. The van der Waals surface area contributed by atoms with E-state index in [4.69, 9.17) is 0 Å². The first-order valence-electron chi connectivity index (χ1n) is 5.70. The smallest absolute Gasteiger partial charge is 0.340 e. The Kier molecular flexibility index (Phi) is 3.92. The molecule has 0 aliphatic carbocycles. The van der Waals surface area contributed by atoms with Crippen LogP contribution in [0.3, 0.4) is 0 Å². The van der Waals surface area contributed by atoms with Crippen molar-refractivity contribution in [3.63, 3.8) is 0 Å². The molecule has 0 aliphatic rings. The molecule has 9 heteroatoms. The maximum absolute atomic E-state index is 13.6. The summed E-state index contributed by atoms with van der Waals surface area (Å²) in [7, 11) is 1.06. The molecular formula is C12H10F2N4O3. The predicted molar refractivity (Wildman–Crippen MR) is 66.8 cm³/mol. The molecule has 0 atom stereocenters. The van der Waals surface area contributed by atoms with Crippen LogP contribution in [0.15, 0.2) is 12.1 Å². The number of ether oxygens (including phenoxy) is 1. The highest BCUT2D eigenvalue weighted by molar-refractivity contribution is 6.02. The zero-order chi connectivity index (χ0) is 15.6. The van der Waals surface area contributed by atoms with Gasteiger partial charge in [-0.05, 0) is 13.0 Å². The van der Waals surface area contributed by atoms with E-state index < -0.39 is 29.1 Å². The van der Waals surface area contributed by atoms with Crippen molar-refractivity contribution in [2.24, 2.45) is 0 Å². The van der Waals surface area contributed by atoms with Crippen LogP contribution in [-0.4, -0.2) is 34.2 Å². The van der Waals surface area contributed by atoms with Gasteiger partial charge >= 0.3 is 5.97 Å². The quantitative estimate of drug-likeness (QED) is 0.835. The number of H-pyrrole nitrogens is 1. The monoisotopic (exact) mass is 296 g/mol. The Morgan fingerprint density at radius 3 is 2.57 bits per heavy atom. The summed E-state index contributed by atoms with van der Waals surface area (Å²) in [6.45, 7) is 1.58. The van der Waals surface area contributed by atoms with Crippen LogP contribution in [-0.2, 0) is 4.74 Å². The van der Waals surface area contributed by atoms with Gasteiger partial charge in [0, 0.05) is 6.07 Å². The Hall–Kier alpha value is -2.84. The van der Waals surface area contributed by atoms with Gasteiger partial charge in [0.2, 0.25) is 5.82 Å². The van der Waals surface area contributed by atoms with Crippen molar-refractivity contribution >= 4 is 17.6 Å². The fourth-order valence-corrected chi connectivity index (χ4v) is 1.53. The van der Waals surface area contributed by atoms with E-state index in [-0.39, 0.29) is 11.5 Å². The van der Waals surface area contributed by atoms with Crippen LogP contribution in [0, 0.1) is 18.6 Å². The van der Waals surface area contributed by atoms with Crippen molar-refractivity contribution in [3.05, 3.63) is 41.0 Å². The van der Waals surface area contributed by atoms with Crippen molar-refractivity contribution in [2.75, 3.05) is 12.4 Å². The molecule has 21 heavy (non-hydrogen) atoms. The van der Waals surface area contributed by atoms with Crippen molar-refractivity contribution < 1.29 is 23.1 Å². The minimum absolute atomic E-state index is 0.212. The van der Waals surface area contributed by atoms with E-state index in [1.165, 1.54) is 0 Å². The van der Waals surface area contributed by atoms with Crippen LogP contribution < -0.4 is 5.32 Å². The summed E-state index contributed by atoms with van der Waals surface area (Å²) in [6, 6.07) is 1.32. The number of esters is 1. The Morgan fingerprint density at radius 2 is 2.00 bits per heavy atom. The van der Waals surface area contributed by atoms with Crippen molar-refractivity contribution in [1.82, 2.24) is 15.2 Å². The Labute approximate surface area is 117 Å². The molecule has 2 aromatic rings. The molecule has 2 N–H and O–H groups in total. The zero-order valence-corrected chi connectivity index (χ0v) is 11.0. The molecule has 0 saturated carbocycles. The SMILES string of the molecule is COC(=O)c1cc(NC(=O)c2n[nH]c(C)n2)c(F)cc1F. The second-order valence-electron chi connectivity index (χ2n) is 4.00. The van der Waals surface area contributed by atoms with E-state index in [1.54, 1.807) is 6.92 Å². The summed E-state index contributed by atoms with van der Waals surface area (Å²) >= 11 is 0. The second kappa shape index (κ2) is 5.65. The number of benzene rings is 1. The van der Waals surface area contributed by atoms with Crippen LogP contribution >= 0.6 is 0 Å². The minimum atomic E-state index is -1.09. The van der Waals surface area contributed by atoms with E-state index in [2.05, 4.69) is 25.2 Å². The van der Waals surface area contributed by atoms with Gasteiger partial charge in [0.15, 0.2) is 0 Å². The molecule has 0 saturated heterocycles. The van der Waals surface area contributed by atoms with Gasteiger partial charge in [0.1, 0.15) is 17.5 Å². The number of methoxy groups -OCH3 is 1. The molecule has 110 valence electrons. The first kappa shape index (κ1) is 14.6. The number of amides is 1. The number of rotatable bonds is 3. The summed E-state index contributed by atoms with van der Waals surface area (Å²) in [5.41, 5.74) is -0.885. The topological polar surface area (TPSA) is 97.0 Å². The van der Waals surface area contributed by atoms with E-state index in [0.717, 1.165) is 13.2 Å². The van der Waals surface area contributed by atoms with Crippen LogP contribution in [0.5, 0.6) is 0 Å². The van der Waals surface area contributed by atoms with Crippen LogP contribution in [0.1, 0.15) is 26.8 Å². The largest absolute Gasteiger partial charge is 0.465 e. The van der Waals surface area contributed by atoms with Gasteiger partial charge in [0.25, 0.3) is 5.91 Å². The standard InChI is InChI=1S/C12H10F2N4O3/c1-5-15-10(18-17-5)11(19)16-9-3-6(12(20)21-2)7(13)4-8(9)14/h3-4H,1-2H3,(H,16,19)(H,15,17,18). The van der Waals surface area contributed by atoms with Gasteiger partial charge < -0.3 is 10.1 Å². The molecule has 1 aromatic heterocycles. The molecular weight excluding hydrogens is 286 g/mol. The van der Waals surface area contributed by atoms with Gasteiger partial charge in [-0.2, -0.15) is 0 Å². The third kappa shape index (κ3) is 3.02. The molecule has 0 aliphatic heterocycles. The summed E-state index contributed by atoms with van der Waals surface area (Å²) in [5, 5.41) is 8.20. The van der Waals surface area contributed by atoms with Crippen LogP contribution in [0.4, 0.5) is 14.5 Å². The molecule has 0 unspecified atom stereocenters. The number of halogens is 2. The molecule has 0 spiro atoms. The average Bonchev–Trinajstić information content (AvgIpc) is 2.87. The van der Waals surface area contributed by atoms with Crippen molar-refractivity contribution in [3.8, 4) is 0 Å². The lowest BCUT2D eigenvalue weighted by Crippen LogP contribution is -2.16. The Balaban J connectivity index is 2.31. The number of hydrogen-bond acceptors (Lipinski definition) is 5. The number of anilines is 1. The molecule has 1 aromatic carbocycles. The molecule has 0 fully saturated rings. The fourth-order valence-electron chi connectivity index (χ4n) is 1.53. The summed E-state index contributed by atoms with van der Waals surface area (Å²) in [5.74, 6) is -3.74. The maximum atomic E-state index is 13.6. The molecule has 0 bridgehead atoms. The van der Waals surface area contributed by atoms with Gasteiger partial charge in [0.05, 0.1) is 18.4 Å². The lowest BCUT2D eigenvalue weighted by Gasteiger charge is -2.07. The number of nitrogens with zero attached hydrogens (tertiary/aromatic N) is 2. The minimum Gasteiger partial charge on any atom is -0.465 e. The Bertz CT molecular complexity index is 715. The van der Waals surface area contributed by atoms with E-state index in [0.29, 0.717) is 11.9 Å². The summed E-state index contributed by atoms with van der Waals surface area (Å²) < 4.78 is 31.4. The number of aryl methyl sites for hydroxylation is 1. The van der Waals surface area contributed by atoms with Gasteiger partial charge in [-0.1, -0.05) is 0 Å². The molecule has 7 nitrogen and oxygen atoms in total. The summed E-state index contributed by atoms with van der Waals surface area (Å²) in [6.07, 6.45) is 0. The molecule has 0 radical (unpaired) electrons. The maximum Gasteiger partial charge on any atom is 0.340 e. The number of nitrogens with one attached hydrogen (secondary N) is 2. The second-order valence-corrected chi connectivity index (χ2v) is 4.00.